The molecule has 0 aliphatic carbocycles. The van der Waals surface area contributed by atoms with Crippen LogP contribution in [0.3, 0.4) is 0 Å². The van der Waals surface area contributed by atoms with Crippen LogP contribution >= 0.6 is 23.2 Å². The molecular weight excluding hydrogens is 325 g/mol. The lowest BCUT2D eigenvalue weighted by Gasteiger charge is -2.07. The smallest absolute Gasteiger partial charge is 0.336 e. The summed E-state index contributed by atoms with van der Waals surface area (Å²) < 4.78 is 5.03. The predicted molar refractivity (Wildman–Crippen MR) is 86.9 cm³/mol. The van der Waals surface area contributed by atoms with Crippen LogP contribution in [0.4, 0.5) is 5.69 Å². The van der Waals surface area contributed by atoms with E-state index in [1.165, 1.54) is 12.1 Å². The fourth-order valence-electron chi connectivity index (χ4n) is 1.99. The summed E-state index contributed by atoms with van der Waals surface area (Å²) in [5, 5.41) is 4.17. The lowest BCUT2D eigenvalue weighted by molar-refractivity contribution is 0.102. The first kappa shape index (κ1) is 14.6. The largest absolute Gasteiger partial charge is 0.423 e. The molecule has 2 aromatic carbocycles. The highest BCUT2D eigenvalue weighted by atomic mass is 35.5. The van der Waals surface area contributed by atoms with Crippen LogP contribution in [0.15, 0.2) is 57.7 Å². The van der Waals surface area contributed by atoms with Crippen LogP contribution in [-0.2, 0) is 0 Å². The van der Waals surface area contributed by atoms with Crippen molar-refractivity contribution in [3.63, 3.8) is 0 Å². The Balaban J connectivity index is 1.88. The predicted octanol–water partition coefficient (Wildman–Crippen LogP) is 4.35. The zero-order valence-corrected chi connectivity index (χ0v) is 12.6. The zero-order chi connectivity index (χ0) is 15.7. The van der Waals surface area contributed by atoms with Crippen LogP contribution in [0.25, 0.3) is 11.0 Å². The molecule has 0 aliphatic rings. The van der Waals surface area contributed by atoms with Gasteiger partial charge in [0, 0.05) is 22.7 Å². The Bertz CT molecular complexity index is 934. The van der Waals surface area contributed by atoms with Gasteiger partial charge < -0.3 is 9.73 Å². The van der Waals surface area contributed by atoms with Crippen molar-refractivity contribution in [2.75, 3.05) is 5.32 Å². The van der Waals surface area contributed by atoms with Gasteiger partial charge in [0.15, 0.2) is 0 Å². The summed E-state index contributed by atoms with van der Waals surface area (Å²) in [5.41, 5.74) is 1.02. The molecule has 6 heteroatoms. The minimum atomic E-state index is -0.417. The Morgan fingerprint density at radius 2 is 1.77 bits per heavy atom. The molecule has 1 aromatic heterocycles. The third-order valence-electron chi connectivity index (χ3n) is 3.06. The van der Waals surface area contributed by atoms with E-state index < -0.39 is 5.63 Å². The van der Waals surface area contributed by atoms with Crippen molar-refractivity contribution < 1.29 is 9.21 Å². The molecule has 1 N–H and O–H groups in total. The number of hydrogen-bond acceptors (Lipinski definition) is 3. The van der Waals surface area contributed by atoms with Crippen LogP contribution in [-0.4, -0.2) is 5.91 Å². The Morgan fingerprint density at radius 1 is 0.955 bits per heavy atom. The van der Waals surface area contributed by atoms with Gasteiger partial charge in [-0.05, 0) is 42.5 Å². The topological polar surface area (TPSA) is 59.3 Å². The lowest BCUT2D eigenvalue weighted by atomic mass is 10.2. The first-order chi connectivity index (χ1) is 10.5. The molecule has 0 bridgehead atoms. The van der Waals surface area contributed by atoms with Gasteiger partial charge in [-0.2, -0.15) is 0 Å². The molecule has 0 saturated carbocycles. The lowest BCUT2D eigenvalue weighted by Crippen LogP contribution is -2.11. The van der Waals surface area contributed by atoms with Crippen molar-refractivity contribution in [3.05, 3.63) is 74.6 Å². The minimum absolute atomic E-state index is 0.310. The summed E-state index contributed by atoms with van der Waals surface area (Å²) in [6.45, 7) is 0. The van der Waals surface area contributed by atoms with Gasteiger partial charge in [0.25, 0.3) is 5.91 Å². The average molecular weight is 334 g/mol. The number of halogens is 2. The molecule has 0 radical (unpaired) electrons. The van der Waals surface area contributed by atoms with Crippen molar-refractivity contribution in [1.29, 1.82) is 0 Å². The molecule has 3 rings (SSSR count). The fraction of sp³-hybridized carbons (Fsp3) is 0. The van der Waals surface area contributed by atoms with Gasteiger partial charge in [-0.15, -0.1) is 0 Å². The second-order valence-electron chi connectivity index (χ2n) is 4.59. The molecule has 1 heterocycles. The maximum Gasteiger partial charge on any atom is 0.336 e. The number of anilines is 1. The Hall–Kier alpha value is -2.30. The van der Waals surface area contributed by atoms with Crippen LogP contribution in [0, 0.1) is 0 Å². The monoisotopic (exact) mass is 333 g/mol. The van der Waals surface area contributed by atoms with Gasteiger partial charge in [0.2, 0.25) is 0 Å². The van der Waals surface area contributed by atoms with Crippen LogP contribution in [0.1, 0.15) is 10.4 Å². The standard InChI is InChI=1S/C16H9Cl2NO3/c17-12-4-1-10(8-13(12)18)16(21)19-11-3-5-14-9(7-11)2-6-15(20)22-14/h1-8H,(H,19,21). The van der Waals surface area contributed by atoms with Gasteiger partial charge in [0.1, 0.15) is 5.58 Å². The number of benzene rings is 2. The second-order valence-corrected chi connectivity index (χ2v) is 5.40. The van der Waals surface area contributed by atoms with E-state index in [0.29, 0.717) is 32.3 Å². The number of nitrogens with one attached hydrogen (secondary N) is 1. The summed E-state index contributed by atoms with van der Waals surface area (Å²) in [5.74, 6) is -0.310. The minimum Gasteiger partial charge on any atom is -0.423 e. The van der Waals surface area contributed by atoms with E-state index in [9.17, 15) is 9.59 Å². The first-order valence-corrected chi connectivity index (χ1v) is 7.09. The molecule has 110 valence electrons. The van der Waals surface area contributed by atoms with Gasteiger partial charge >= 0.3 is 5.63 Å². The summed E-state index contributed by atoms with van der Waals surface area (Å²) in [7, 11) is 0. The number of fused-ring (bicyclic) bond motifs is 1. The number of amides is 1. The van der Waals surface area contributed by atoms with E-state index in [2.05, 4.69) is 5.32 Å². The highest BCUT2D eigenvalue weighted by Gasteiger charge is 2.09. The van der Waals surface area contributed by atoms with E-state index >= 15 is 0 Å². The van der Waals surface area contributed by atoms with Crippen molar-refractivity contribution in [1.82, 2.24) is 0 Å². The van der Waals surface area contributed by atoms with Gasteiger partial charge in [-0.25, -0.2) is 4.79 Å². The zero-order valence-electron chi connectivity index (χ0n) is 11.1. The number of carbonyl (C=O) groups excluding carboxylic acids is 1. The summed E-state index contributed by atoms with van der Waals surface area (Å²) in [6.07, 6.45) is 0. The maximum absolute atomic E-state index is 12.2. The summed E-state index contributed by atoms with van der Waals surface area (Å²) in [6, 6.07) is 12.6. The number of carbonyl (C=O) groups is 1. The van der Waals surface area contributed by atoms with Crippen molar-refractivity contribution in [3.8, 4) is 0 Å². The normalized spacial score (nSPS) is 10.6. The van der Waals surface area contributed by atoms with Crippen molar-refractivity contribution in [2.24, 2.45) is 0 Å². The van der Waals surface area contributed by atoms with E-state index in [-0.39, 0.29) is 5.91 Å². The van der Waals surface area contributed by atoms with Gasteiger partial charge in [-0.1, -0.05) is 23.2 Å². The van der Waals surface area contributed by atoms with Crippen LogP contribution in [0.5, 0.6) is 0 Å². The third-order valence-corrected chi connectivity index (χ3v) is 3.80. The maximum atomic E-state index is 12.2. The molecule has 0 atom stereocenters. The molecule has 3 aromatic rings. The average Bonchev–Trinajstić information content (AvgIpc) is 2.50. The van der Waals surface area contributed by atoms with E-state index in [4.69, 9.17) is 27.6 Å². The van der Waals surface area contributed by atoms with E-state index in [0.717, 1.165) is 0 Å². The highest BCUT2D eigenvalue weighted by Crippen LogP contribution is 2.23. The second kappa shape index (κ2) is 5.83. The SMILES string of the molecule is O=C(Nc1ccc2oc(=O)ccc2c1)c1ccc(Cl)c(Cl)c1. The van der Waals surface area contributed by atoms with Crippen LogP contribution in [0.2, 0.25) is 10.0 Å². The molecule has 0 spiro atoms. The Labute approximate surface area is 135 Å². The van der Waals surface area contributed by atoms with Gasteiger partial charge in [-0.3, -0.25) is 4.79 Å². The quantitative estimate of drug-likeness (QED) is 0.709. The fourth-order valence-corrected chi connectivity index (χ4v) is 2.29. The number of rotatable bonds is 2. The van der Waals surface area contributed by atoms with Crippen molar-refractivity contribution >= 4 is 45.8 Å². The first-order valence-electron chi connectivity index (χ1n) is 6.33. The van der Waals surface area contributed by atoms with Crippen LogP contribution < -0.4 is 10.9 Å². The summed E-state index contributed by atoms with van der Waals surface area (Å²) >= 11 is 11.7. The Morgan fingerprint density at radius 3 is 2.55 bits per heavy atom. The van der Waals surface area contributed by atoms with E-state index in [1.807, 2.05) is 0 Å². The highest BCUT2D eigenvalue weighted by molar-refractivity contribution is 6.42. The molecular formula is C16H9Cl2NO3. The molecule has 0 aliphatic heterocycles. The molecule has 0 fully saturated rings. The molecule has 4 nitrogen and oxygen atoms in total. The molecule has 0 saturated heterocycles. The molecule has 0 unspecified atom stereocenters. The third kappa shape index (κ3) is 2.98. The molecule has 1 amide bonds. The van der Waals surface area contributed by atoms with Gasteiger partial charge in [0.05, 0.1) is 10.0 Å². The van der Waals surface area contributed by atoms with E-state index in [1.54, 1.807) is 36.4 Å². The Kier molecular flexibility index (Phi) is 3.88. The molecule has 22 heavy (non-hydrogen) atoms. The number of hydrogen-bond donors (Lipinski definition) is 1. The van der Waals surface area contributed by atoms with Crippen molar-refractivity contribution in [2.45, 2.75) is 0 Å². The summed E-state index contributed by atoms with van der Waals surface area (Å²) in [4.78, 5) is 23.3.